The Morgan fingerprint density at radius 1 is 1.24 bits per heavy atom. The summed E-state index contributed by atoms with van der Waals surface area (Å²) in [6.07, 6.45) is 3.88. The summed E-state index contributed by atoms with van der Waals surface area (Å²) in [6.45, 7) is 7.70. The van der Waals surface area contributed by atoms with Crippen LogP contribution in [0.3, 0.4) is 0 Å². The van der Waals surface area contributed by atoms with Gasteiger partial charge in [-0.25, -0.2) is 9.67 Å². The lowest BCUT2D eigenvalue weighted by atomic mass is 10.2. The Hall–Kier alpha value is -2.30. The third-order valence-electron chi connectivity index (χ3n) is 3.42. The molecule has 0 amide bonds. The molecule has 5 nitrogen and oxygen atoms in total. The van der Waals surface area contributed by atoms with Crippen molar-refractivity contribution in [3.8, 4) is 5.75 Å². The second-order valence-corrected chi connectivity index (χ2v) is 5.32. The lowest BCUT2D eigenvalue weighted by Crippen LogP contribution is -2.08. The first-order valence-corrected chi connectivity index (χ1v) is 7.29. The summed E-state index contributed by atoms with van der Waals surface area (Å²) in [6, 6.07) is 8.30. The molecule has 0 aliphatic heterocycles. The summed E-state index contributed by atoms with van der Waals surface area (Å²) >= 11 is 0. The minimum absolute atomic E-state index is 0.188. The smallest absolute Gasteiger partial charge is 0.146 e. The molecular weight excluding hydrogens is 264 g/mol. The Labute approximate surface area is 124 Å². The van der Waals surface area contributed by atoms with Crippen molar-refractivity contribution >= 4 is 10.9 Å². The van der Waals surface area contributed by atoms with E-state index in [2.05, 4.69) is 46.0 Å². The topological polar surface area (TPSA) is 44.9 Å². The number of benzene rings is 1. The van der Waals surface area contributed by atoms with Gasteiger partial charge < -0.3 is 9.30 Å². The van der Waals surface area contributed by atoms with Crippen LogP contribution < -0.4 is 4.74 Å². The Bertz CT molecular complexity index is 742. The van der Waals surface area contributed by atoms with Crippen molar-refractivity contribution in [3.63, 3.8) is 0 Å². The Morgan fingerprint density at radius 2 is 2.10 bits per heavy atom. The van der Waals surface area contributed by atoms with Gasteiger partial charge in [0.1, 0.15) is 17.9 Å². The minimum atomic E-state index is 0.188. The molecule has 0 saturated carbocycles. The fourth-order valence-electron chi connectivity index (χ4n) is 2.49. The fourth-order valence-corrected chi connectivity index (χ4v) is 2.49. The first-order valence-electron chi connectivity index (χ1n) is 7.29. The average molecular weight is 284 g/mol. The van der Waals surface area contributed by atoms with Gasteiger partial charge in [-0.1, -0.05) is 0 Å². The van der Waals surface area contributed by atoms with Crippen LogP contribution in [0.5, 0.6) is 5.75 Å². The summed E-state index contributed by atoms with van der Waals surface area (Å²) in [7, 11) is 0. The number of aromatic nitrogens is 4. The Balaban J connectivity index is 1.90. The highest BCUT2D eigenvalue weighted by atomic mass is 16.5. The van der Waals surface area contributed by atoms with Crippen LogP contribution in [0.1, 0.15) is 26.6 Å². The van der Waals surface area contributed by atoms with Crippen LogP contribution in [0.25, 0.3) is 10.9 Å². The predicted octanol–water partition coefficient (Wildman–Crippen LogP) is 3.09. The number of hydrogen-bond acceptors (Lipinski definition) is 3. The van der Waals surface area contributed by atoms with Crippen LogP contribution in [-0.4, -0.2) is 25.4 Å². The number of hydrogen-bond donors (Lipinski definition) is 0. The fraction of sp³-hybridized carbons (Fsp3) is 0.375. The lowest BCUT2D eigenvalue weighted by Gasteiger charge is -2.10. The standard InChI is InChI=1S/C16H20N4O/c1-4-20-16(17-11-18-20)10-19-8-7-13-9-14(21-12(2)3)5-6-15(13)19/h5-9,11-12H,4,10H2,1-3H3. The zero-order chi connectivity index (χ0) is 14.8. The maximum absolute atomic E-state index is 5.74. The van der Waals surface area contributed by atoms with E-state index in [9.17, 15) is 0 Å². The van der Waals surface area contributed by atoms with Crippen LogP contribution in [0, 0.1) is 0 Å². The number of aryl methyl sites for hydroxylation is 1. The van der Waals surface area contributed by atoms with Crippen molar-refractivity contribution in [2.45, 2.75) is 40.0 Å². The van der Waals surface area contributed by atoms with Gasteiger partial charge in [-0.2, -0.15) is 5.10 Å². The van der Waals surface area contributed by atoms with Gasteiger partial charge in [0.25, 0.3) is 0 Å². The van der Waals surface area contributed by atoms with E-state index in [1.807, 2.05) is 24.6 Å². The number of ether oxygens (including phenoxy) is 1. The van der Waals surface area contributed by atoms with E-state index < -0.39 is 0 Å². The summed E-state index contributed by atoms with van der Waals surface area (Å²) in [5, 5.41) is 5.39. The number of fused-ring (bicyclic) bond motifs is 1. The molecule has 21 heavy (non-hydrogen) atoms. The van der Waals surface area contributed by atoms with Gasteiger partial charge in [0.15, 0.2) is 0 Å². The third kappa shape index (κ3) is 2.77. The SMILES string of the molecule is CCn1ncnc1Cn1ccc2cc(OC(C)C)ccc21. The summed E-state index contributed by atoms with van der Waals surface area (Å²) in [4.78, 5) is 4.33. The molecule has 0 spiro atoms. The third-order valence-corrected chi connectivity index (χ3v) is 3.42. The van der Waals surface area contributed by atoms with E-state index in [1.165, 1.54) is 10.9 Å². The summed E-state index contributed by atoms with van der Waals surface area (Å²) < 4.78 is 9.84. The van der Waals surface area contributed by atoms with Crippen LogP contribution in [0.2, 0.25) is 0 Å². The molecule has 0 radical (unpaired) electrons. The molecule has 0 aliphatic carbocycles. The first kappa shape index (κ1) is 13.7. The van der Waals surface area contributed by atoms with Crippen LogP contribution in [0.15, 0.2) is 36.8 Å². The first-order chi connectivity index (χ1) is 10.2. The van der Waals surface area contributed by atoms with Gasteiger partial charge in [-0.3, -0.25) is 0 Å². The van der Waals surface area contributed by atoms with Gasteiger partial charge in [0, 0.05) is 23.6 Å². The molecule has 110 valence electrons. The van der Waals surface area contributed by atoms with Crippen molar-refractivity contribution in [1.82, 2.24) is 19.3 Å². The maximum atomic E-state index is 5.74. The largest absolute Gasteiger partial charge is 0.491 e. The van der Waals surface area contributed by atoms with E-state index in [-0.39, 0.29) is 6.10 Å². The van der Waals surface area contributed by atoms with Crippen LogP contribution >= 0.6 is 0 Å². The van der Waals surface area contributed by atoms with Gasteiger partial charge in [0.05, 0.1) is 12.6 Å². The van der Waals surface area contributed by atoms with Crippen molar-refractivity contribution in [2.24, 2.45) is 0 Å². The molecule has 0 bridgehead atoms. The lowest BCUT2D eigenvalue weighted by molar-refractivity contribution is 0.243. The highest BCUT2D eigenvalue weighted by molar-refractivity contribution is 5.81. The Kier molecular flexibility index (Phi) is 3.64. The molecule has 0 N–H and O–H groups in total. The van der Waals surface area contributed by atoms with E-state index >= 15 is 0 Å². The average Bonchev–Trinajstić information content (AvgIpc) is 3.05. The minimum Gasteiger partial charge on any atom is -0.491 e. The molecule has 2 aromatic heterocycles. The Morgan fingerprint density at radius 3 is 2.86 bits per heavy atom. The van der Waals surface area contributed by atoms with Crippen LogP contribution in [-0.2, 0) is 13.1 Å². The van der Waals surface area contributed by atoms with E-state index in [1.54, 1.807) is 6.33 Å². The predicted molar refractivity (Wildman–Crippen MR) is 82.5 cm³/mol. The molecule has 0 unspecified atom stereocenters. The molecule has 3 aromatic rings. The van der Waals surface area contributed by atoms with Crippen molar-refractivity contribution < 1.29 is 4.74 Å². The summed E-state index contributed by atoms with van der Waals surface area (Å²) in [5.74, 6) is 1.88. The van der Waals surface area contributed by atoms with Gasteiger partial charge in [0.2, 0.25) is 0 Å². The maximum Gasteiger partial charge on any atom is 0.146 e. The molecule has 0 atom stereocenters. The molecule has 3 rings (SSSR count). The molecule has 5 heteroatoms. The molecule has 0 fully saturated rings. The molecule has 1 aromatic carbocycles. The van der Waals surface area contributed by atoms with E-state index in [0.717, 1.165) is 24.7 Å². The molecule has 2 heterocycles. The molecule has 0 saturated heterocycles. The highest BCUT2D eigenvalue weighted by Crippen LogP contribution is 2.23. The van der Waals surface area contributed by atoms with Crippen molar-refractivity contribution in [1.29, 1.82) is 0 Å². The van der Waals surface area contributed by atoms with Crippen molar-refractivity contribution in [2.75, 3.05) is 0 Å². The van der Waals surface area contributed by atoms with Gasteiger partial charge in [-0.15, -0.1) is 0 Å². The quantitative estimate of drug-likeness (QED) is 0.723. The summed E-state index contributed by atoms with van der Waals surface area (Å²) in [5.41, 5.74) is 1.18. The number of nitrogens with zero attached hydrogens (tertiary/aromatic N) is 4. The zero-order valence-electron chi connectivity index (χ0n) is 12.7. The second kappa shape index (κ2) is 5.60. The normalized spacial score (nSPS) is 11.4. The molecule has 0 aliphatic rings. The van der Waals surface area contributed by atoms with E-state index in [0.29, 0.717) is 0 Å². The van der Waals surface area contributed by atoms with Gasteiger partial charge in [-0.05, 0) is 45.0 Å². The highest BCUT2D eigenvalue weighted by Gasteiger charge is 2.08. The second-order valence-electron chi connectivity index (χ2n) is 5.32. The van der Waals surface area contributed by atoms with Gasteiger partial charge >= 0.3 is 0 Å². The van der Waals surface area contributed by atoms with Crippen molar-refractivity contribution in [3.05, 3.63) is 42.6 Å². The van der Waals surface area contributed by atoms with E-state index in [4.69, 9.17) is 4.74 Å². The molecular formula is C16H20N4O. The number of rotatable bonds is 5. The monoisotopic (exact) mass is 284 g/mol. The zero-order valence-corrected chi connectivity index (χ0v) is 12.7. The van der Waals surface area contributed by atoms with Crippen LogP contribution in [0.4, 0.5) is 0 Å².